The third-order valence-corrected chi connectivity index (χ3v) is 9.02. The fourth-order valence-corrected chi connectivity index (χ4v) is 6.09. The molecule has 1 saturated heterocycles. The third-order valence-electron chi connectivity index (χ3n) is 6.16. The van der Waals surface area contributed by atoms with E-state index in [1.165, 1.54) is 39.1 Å². The van der Waals surface area contributed by atoms with Gasteiger partial charge in [-0.2, -0.15) is 4.99 Å². The Morgan fingerprint density at radius 2 is 1.97 bits per heavy atom. The molecule has 0 bridgehead atoms. The Morgan fingerprint density at radius 3 is 2.67 bits per heavy atom. The number of halogens is 2. The second-order valence-electron chi connectivity index (χ2n) is 9.18. The van der Waals surface area contributed by atoms with Crippen molar-refractivity contribution in [1.29, 1.82) is 0 Å². The summed E-state index contributed by atoms with van der Waals surface area (Å²) in [6.45, 7) is 4.12. The summed E-state index contributed by atoms with van der Waals surface area (Å²) in [5.74, 6) is -0.459. The van der Waals surface area contributed by atoms with Gasteiger partial charge in [0.25, 0.3) is 0 Å². The molecule has 190 valence electrons. The zero-order chi connectivity index (χ0) is 26.5. The van der Waals surface area contributed by atoms with Gasteiger partial charge in [-0.25, -0.2) is 26.9 Å². The van der Waals surface area contributed by atoms with E-state index in [1.807, 2.05) is 12.1 Å². The maximum atomic E-state index is 15.2. The summed E-state index contributed by atoms with van der Waals surface area (Å²) in [5.41, 5.74) is -0.166. The Morgan fingerprint density at radius 1 is 1.25 bits per heavy atom. The van der Waals surface area contributed by atoms with Crippen LogP contribution in [0.15, 0.2) is 52.2 Å². The van der Waals surface area contributed by atoms with Crippen molar-refractivity contribution in [3.05, 3.63) is 58.6 Å². The molecule has 1 aromatic carbocycles. The first-order valence-corrected chi connectivity index (χ1v) is 13.0. The van der Waals surface area contributed by atoms with Crippen molar-refractivity contribution in [3.63, 3.8) is 0 Å². The van der Waals surface area contributed by atoms with Gasteiger partial charge < -0.3 is 15.7 Å². The molecule has 0 spiro atoms. The molecule has 1 aliphatic heterocycles. The number of sulfonamides is 1. The van der Waals surface area contributed by atoms with E-state index in [4.69, 9.17) is 0 Å². The first-order valence-electron chi connectivity index (χ1n) is 10.8. The topological polar surface area (TPSA) is 137 Å². The molecule has 3 aromatic rings. The summed E-state index contributed by atoms with van der Waals surface area (Å²) in [6.07, 6.45) is 1.70. The van der Waals surface area contributed by atoms with Crippen LogP contribution in [0.1, 0.15) is 26.3 Å². The summed E-state index contributed by atoms with van der Waals surface area (Å²) in [5, 5.41) is 16.2. The smallest absolute Gasteiger partial charge is 0.432 e. The Bertz CT molecular complexity index is 1510. The number of carboxylic acid groups (broad SMARTS) is 1. The number of fused-ring (bicyclic) bond motifs is 1. The third kappa shape index (κ3) is 4.53. The molecule has 1 amide bonds. The number of amides is 1. The van der Waals surface area contributed by atoms with Crippen LogP contribution in [0.5, 0.6) is 0 Å². The number of hydrogen-bond acceptors (Lipinski definition) is 6. The number of likely N-dealkylation sites (N-methyl/N-ethyl adjacent to an activating group) is 1. The lowest BCUT2D eigenvalue weighted by Gasteiger charge is -2.33. The largest absolute Gasteiger partial charge is 0.463 e. The minimum Gasteiger partial charge on any atom is -0.463 e. The Kier molecular flexibility index (Phi) is 6.52. The Hall–Kier alpha value is -3.16. The number of rotatable bonds is 3. The fourth-order valence-electron chi connectivity index (χ4n) is 4.19. The van der Waals surface area contributed by atoms with Crippen molar-refractivity contribution in [2.75, 3.05) is 18.9 Å². The van der Waals surface area contributed by atoms with E-state index in [2.05, 4.69) is 41.5 Å². The van der Waals surface area contributed by atoms with E-state index in [0.717, 1.165) is 14.2 Å². The number of anilines is 2. The standard InChI is InChI=1S/C23H24BrFN6O4S/c1-22(2)20(29-21(32)33)30-23(3,12-31(4)36(22,34)35)16-10-15(5-6-17(16)25)28-19-18-13(7-8-26-19)9-14(24)11-27-18/h5-11H,12H2,1-4H3,(H,26,28)(H,29,30)(H,32,33). The molecule has 13 heteroatoms. The van der Waals surface area contributed by atoms with Gasteiger partial charge in [0.1, 0.15) is 21.9 Å². The van der Waals surface area contributed by atoms with Gasteiger partial charge in [0.15, 0.2) is 5.82 Å². The Balaban J connectivity index is 1.81. The monoisotopic (exact) mass is 578 g/mol. The van der Waals surface area contributed by atoms with Crippen LogP contribution in [-0.2, 0) is 15.6 Å². The van der Waals surface area contributed by atoms with Gasteiger partial charge in [-0.3, -0.25) is 4.98 Å². The van der Waals surface area contributed by atoms with Gasteiger partial charge in [0.05, 0.1) is 5.54 Å². The molecule has 36 heavy (non-hydrogen) atoms. The van der Waals surface area contributed by atoms with E-state index >= 15 is 4.39 Å². The highest BCUT2D eigenvalue weighted by Gasteiger charge is 2.50. The molecule has 10 nitrogen and oxygen atoms in total. The van der Waals surface area contributed by atoms with Gasteiger partial charge in [-0.15, -0.1) is 0 Å². The first kappa shape index (κ1) is 25.9. The van der Waals surface area contributed by atoms with Crippen LogP contribution in [0.25, 0.3) is 10.9 Å². The molecular weight excluding hydrogens is 555 g/mol. The molecule has 0 radical (unpaired) electrons. The SMILES string of the molecule is CN1CC(C)(c2cc(Nc3nccc4cc(Br)cnc34)ccc2F)N/C(=N\C(=O)O)C(C)(C)S1(=O)=O. The van der Waals surface area contributed by atoms with E-state index in [1.54, 1.807) is 19.3 Å². The zero-order valence-electron chi connectivity index (χ0n) is 19.9. The molecule has 1 unspecified atom stereocenters. The van der Waals surface area contributed by atoms with Gasteiger partial charge in [0.2, 0.25) is 10.0 Å². The highest BCUT2D eigenvalue weighted by molar-refractivity contribution is 9.10. The number of hydrogen-bond donors (Lipinski definition) is 3. The normalized spacial score (nSPS) is 22.7. The van der Waals surface area contributed by atoms with Gasteiger partial charge in [-0.05, 0) is 67.0 Å². The van der Waals surface area contributed by atoms with Crippen molar-refractivity contribution in [2.24, 2.45) is 4.99 Å². The molecule has 1 aliphatic rings. The van der Waals surface area contributed by atoms with Crippen molar-refractivity contribution in [2.45, 2.75) is 31.1 Å². The average Bonchev–Trinajstić information content (AvgIpc) is 2.83. The maximum Gasteiger partial charge on any atom is 0.432 e. The van der Waals surface area contributed by atoms with Crippen molar-refractivity contribution >= 4 is 60.3 Å². The van der Waals surface area contributed by atoms with Crippen LogP contribution in [0.4, 0.5) is 20.7 Å². The minimum absolute atomic E-state index is 0.112. The quantitative estimate of drug-likeness (QED) is 0.420. The van der Waals surface area contributed by atoms with E-state index < -0.39 is 32.2 Å². The summed E-state index contributed by atoms with van der Waals surface area (Å²) < 4.78 is 41.8. The van der Waals surface area contributed by atoms with Crippen LogP contribution < -0.4 is 10.6 Å². The van der Waals surface area contributed by atoms with Crippen molar-refractivity contribution in [1.82, 2.24) is 19.6 Å². The molecule has 3 N–H and O–H groups in total. The summed E-state index contributed by atoms with van der Waals surface area (Å²) >= 11 is 3.39. The summed E-state index contributed by atoms with van der Waals surface area (Å²) in [6, 6.07) is 8.00. The number of nitrogens with one attached hydrogen (secondary N) is 2. The molecular formula is C23H24BrFN6O4S. The van der Waals surface area contributed by atoms with Crippen molar-refractivity contribution < 1.29 is 22.7 Å². The lowest BCUT2D eigenvalue weighted by Crippen LogP contribution is -2.52. The lowest BCUT2D eigenvalue weighted by atomic mass is 9.90. The first-order chi connectivity index (χ1) is 16.7. The number of aliphatic imine (C=N–C) groups is 1. The molecule has 4 rings (SSSR count). The van der Waals surface area contributed by atoms with Gasteiger partial charge in [0, 0.05) is 47.1 Å². The second kappa shape index (κ2) is 9.05. The van der Waals surface area contributed by atoms with Gasteiger partial charge in [-0.1, -0.05) is 0 Å². The minimum atomic E-state index is -4.03. The second-order valence-corrected chi connectivity index (χ2v) is 12.7. The zero-order valence-corrected chi connectivity index (χ0v) is 22.3. The van der Waals surface area contributed by atoms with Crippen LogP contribution in [0.2, 0.25) is 0 Å². The number of pyridine rings is 2. The lowest BCUT2D eigenvalue weighted by molar-refractivity contribution is 0.205. The molecule has 1 fully saturated rings. The van der Waals surface area contributed by atoms with Crippen LogP contribution >= 0.6 is 15.9 Å². The number of benzene rings is 1. The fraction of sp³-hybridized carbons (Fsp3) is 0.304. The van der Waals surface area contributed by atoms with E-state index in [-0.39, 0.29) is 17.9 Å². The molecule has 0 saturated carbocycles. The van der Waals surface area contributed by atoms with Crippen LogP contribution in [-0.4, -0.2) is 58.1 Å². The molecule has 1 atom stereocenters. The predicted octanol–water partition coefficient (Wildman–Crippen LogP) is 4.21. The summed E-state index contributed by atoms with van der Waals surface area (Å²) in [7, 11) is -2.67. The predicted molar refractivity (Wildman–Crippen MR) is 138 cm³/mol. The number of amidine groups is 1. The number of aromatic nitrogens is 2. The Labute approximate surface area is 215 Å². The van der Waals surface area contributed by atoms with Gasteiger partial charge >= 0.3 is 6.09 Å². The number of carbonyl (C=O) groups is 1. The maximum absolute atomic E-state index is 15.2. The van der Waals surface area contributed by atoms with Crippen LogP contribution in [0.3, 0.4) is 0 Å². The average molecular weight is 579 g/mol. The van der Waals surface area contributed by atoms with E-state index in [9.17, 15) is 18.3 Å². The van der Waals surface area contributed by atoms with E-state index in [0.29, 0.717) is 17.0 Å². The molecule has 2 aromatic heterocycles. The van der Waals surface area contributed by atoms with Crippen LogP contribution in [0, 0.1) is 5.82 Å². The number of nitrogens with zero attached hydrogens (tertiary/aromatic N) is 4. The van der Waals surface area contributed by atoms with Crippen molar-refractivity contribution in [3.8, 4) is 0 Å². The molecule has 3 heterocycles. The summed E-state index contributed by atoms with van der Waals surface area (Å²) in [4.78, 5) is 23.7. The highest BCUT2D eigenvalue weighted by Crippen LogP contribution is 2.35. The highest BCUT2D eigenvalue weighted by atomic mass is 79.9. The molecule has 0 aliphatic carbocycles.